The number of aryl methyl sites for hydroxylation is 2. The molecule has 5 heteroatoms. The SMILES string of the molecule is CCCC(NCC(=O)Nc1ccc2c(c1)CCC2)C(=O)O. The summed E-state index contributed by atoms with van der Waals surface area (Å²) in [7, 11) is 0. The van der Waals surface area contributed by atoms with E-state index in [0.29, 0.717) is 6.42 Å². The summed E-state index contributed by atoms with van der Waals surface area (Å²) in [6.45, 7) is 1.93. The molecule has 0 saturated carbocycles. The van der Waals surface area contributed by atoms with E-state index < -0.39 is 12.0 Å². The maximum Gasteiger partial charge on any atom is 0.320 e. The van der Waals surface area contributed by atoms with Crippen molar-refractivity contribution in [3.05, 3.63) is 29.3 Å². The van der Waals surface area contributed by atoms with Crippen molar-refractivity contribution in [2.24, 2.45) is 0 Å². The van der Waals surface area contributed by atoms with Crippen molar-refractivity contribution in [2.75, 3.05) is 11.9 Å². The van der Waals surface area contributed by atoms with Crippen LogP contribution in [0.2, 0.25) is 0 Å². The van der Waals surface area contributed by atoms with Crippen LogP contribution in [0.4, 0.5) is 5.69 Å². The van der Waals surface area contributed by atoms with E-state index in [2.05, 4.69) is 16.7 Å². The smallest absolute Gasteiger partial charge is 0.320 e. The van der Waals surface area contributed by atoms with Gasteiger partial charge in [0.2, 0.25) is 5.91 Å². The minimum absolute atomic E-state index is 0.00799. The Bertz CT molecular complexity index is 528. The summed E-state index contributed by atoms with van der Waals surface area (Å²) in [6.07, 6.45) is 4.63. The summed E-state index contributed by atoms with van der Waals surface area (Å²) in [4.78, 5) is 22.9. The zero-order valence-corrected chi connectivity index (χ0v) is 12.3. The normalized spacial score (nSPS) is 14.5. The van der Waals surface area contributed by atoms with Crippen LogP contribution in [0, 0.1) is 0 Å². The van der Waals surface area contributed by atoms with E-state index in [9.17, 15) is 9.59 Å². The van der Waals surface area contributed by atoms with Crippen molar-refractivity contribution in [3.63, 3.8) is 0 Å². The Balaban J connectivity index is 1.85. The molecule has 114 valence electrons. The molecule has 0 saturated heterocycles. The average Bonchev–Trinajstić information content (AvgIpc) is 2.90. The number of carboxylic acid groups (broad SMARTS) is 1. The topological polar surface area (TPSA) is 78.4 Å². The highest BCUT2D eigenvalue weighted by Crippen LogP contribution is 2.24. The van der Waals surface area contributed by atoms with Crippen LogP contribution >= 0.6 is 0 Å². The van der Waals surface area contributed by atoms with E-state index in [4.69, 9.17) is 5.11 Å². The van der Waals surface area contributed by atoms with Crippen molar-refractivity contribution in [2.45, 2.75) is 45.1 Å². The number of aliphatic carboxylic acids is 1. The van der Waals surface area contributed by atoms with Crippen molar-refractivity contribution < 1.29 is 14.7 Å². The summed E-state index contributed by atoms with van der Waals surface area (Å²) in [6, 6.07) is 5.31. The third-order valence-corrected chi connectivity index (χ3v) is 3.77. The fraction of sp³-hybridized carbons (Fsp3) is 0.500. The number of fused-ring (bicyclic) bond motifs is 1. The zero-order valence-electron chi connectivity index (χ0n) is 12.3. The van der Waals surface area contributed by atoms with E-state index in [-0.39, 0.29) is 12.5 Å². The zero-order chi connectivity index (χ0) is 15.2. The van der Waals surface area contributed by atoms with Gasteiger partial charge in [-0.25, -0.2) is 0 Å². The molecule has 1 amide bonds. The first-order chi connectivity index (χ1) is 10.1. The number of rotatable bonds is 7. The Labute approximate surface area is 124 Å². The molecule has 0 bridgehead atoms. The maximum atomic E-state index is 11.9. The fourth-order valence-corrected chi connectivity index (χ4v) is 2.67. The van der Waals surface area contributed by atoms with E-state index in [1.165, 1.54) is 17.5 Å². The number of carbonyl (C=O) groups excluding carboxylic acids is 1. The lowest BCUT2D eigenvalue weighted by molar-refractivity contribution is -0.139. The standard InChI is InChI=1S/C16H22N2O3/c1-2-4-14(16(20)21)17-10-15(19)18-13-8-7-11-5-3-6-12(11)9-13/h7-9,14,17H,2-6,10H2,1H3,(H,18,19)(H,20,21). The first-order valence-corrected chi connectivity index (χ1v) is 7.48. The fourth-order valence-electron chi connectivity index (χ4n) is 2.67. The van der Waals surface area contributed by atoms with Crippen LogP contribution in [0.3, 0.4) is 0 Å². The minimum Gasteiger partial charge on any atom is -0.480 e. The van der Waals surface area contributed by atoms with Crippen molar-refractivity contribution >= 4 is 17.6 Å². The molecule has 0 spiro atoms. The molecular formula is C16H22N2O3. The van der Waals surface area contributed by atoms with Crippen molar-refractivity contribution in [3.8, 4) is 0 Å². The molecule has 1 aromatic rings. The second kappa shape index (κ2) is 7.22. The molecule has 1 aliphatic rings. The summed E-state index contributed by atoms with van der Waals surface area (Å²) in [5.41, 5.74) is 3.44. The molecule has 1 aliphatic carbocycles. The second-order valence-corrected chi connectivity index (χ2v) is 5.45. The van der Waals surface area contributed by atoms with Crippen LogP contribution in [0.5, 0.6) is 0 Å². The van der Waals surface area contributed by atoms with Gasteiger partial charge < -0.3 is 10.4 Å². The number of anilines is 1. The van der Waals surface area contributed by atoms with Gasteiger partial charge in [0.15, 0.2) is 0 Å². The van der Waals surface area contributed by atoms with Gasteiger partial charge in [-0.3, -0.25) is 14.9 Å². The highest BCUT2D eigenvalue weighted by Gasteiger charge is 2.17. The van der Waals surface area contributed by atoms with Gasteiger partial charge in [0.05, 0.1) is 6.54 Å². The van der Waals surface area contributed by atoms with E-state index in [0.717, 1.165) is 24.9 Å². The highest BCUT2D eigenvalue weighted by molar-refractivity contribution is 5.92. The lowest BCUT2D eigenvalue weighted by atomic mass is 10.1. The van der Waals surface area contributed by atoms with Crippen LogP contribution in [-0.4, -0.2) is 29.6 Å². The van der Waals surface area contributed by atoms with Crippen LogP contribution < -0.4 is 10.6 Å². The molecule has 1 unspecified atom stereocenters. The third-order valence-electron chi connectivity index (χ3n) is 3.77. The second-order valence-electron chi connectivity index (χ2n) is 5.45. The lowest BCUT2D eigenvalue weighted by Crippen LogP contribution is -2.41. The predicted octanol–water partition coefficient (Wildman–Crippen LogP) is 1.96. The van der Waals surface area contributed by atoms with Gasteiger partial charge in [-0.2, -0.15) is 0 Å². The van der Waals surface area contributed by atoms with E-state index in [1.54, 1.807) is 0 Å². The van der Waals surface area contributed by atoms with Gasteiger partial charge >= 0.3 is 5.97 Å². The van der Waals surface area contributed by atoms with Gasteiger partial charge in [0, 0.05) is 5.69 Å². The molecule has 5 nitrogen and oxygen atoms in total. The molecule has 2 rings (SSSR count). The molecule has 0 aromatic heterocycles. The van der Waals surface area contributed by atoms with E-state index in [1.807, 2.05) is 19.1 Å². The van der Waals surface area contributed by atoms with Crippen LogP contribution in [0.15, 0.2) is 18.2 Å². The summed E-state index contributed by atoms with van der Waals surface area (Å²) >= 11 is 0. The molecule has 1 aromatic carbocycles. The molecule has 3 N–H and O–H groups in total. The Morgan fingerprint density at radius 3 is 2.76 bits per heavy atom. The molecule has 1 atom stereocenters. The monoisotopic (exact) mass is 290 g/mol. The Morgan fingerprint density at radius 2 is 2.05 bits per heavy atom. The van der Waals surface area contributed by atoms with Gasteiger partial charge in [-0.05, 0) is 48.9 Å². The summed E-state index contributed by atoms with van der Waals surface area (Å²) in [5, 5.41) is 14.6. The Kier molecular flexibility index (Phi) is 5.33. The quantitative estimate of drug-likeness (QED) is 0.717. The molecular weight excluding hydrogens is 268 g/mol. The molecule has 0 radical (unpaired) electrons. The Morgan fingerprint density at radius 1 is 1.29 bits per heavy atom. The van der Waals surface area contributed by atoms with Gasteiger partial charge in [-0.1, -0.05) is 19.4 Å². The number of carbonyl (C=O) groups is 2. The van der Waals surface area contributed by atoms with Gasteiger partial charge in [0.25, 0.3) is 0 Å². The van der Waals surface area contributed by atoms with Crippen LogP contribution in [0.25, 0.3) is 0 Å². The number of hydrogen-bond donors (Lipinski definition) is 3. The number of nitrogens with one attached hydrogen (secondary N) is 2. The molecule has 0 fully saturated rings. The van der Waals surface area contributed by atoms with Crippen molar-refractivity contribution in [1.82, 2.24) is 5.32 Å². The Hall–Kier alpha value is -1.88. The maximum absolute atomic E-state index is 11.9. The molecule has 21 heavy (non-hydrogen) atoms. The van der Waals surface area contributed by atoms with Crippen molar-refractivity contribution in [1.29, 1.82) is 0 Å². The van der Waals surface area contributed by atoms with E-state index >= 15 is 0 Å². The predicted molar refractivity (Wildman–Crippen MR) is 81.4 cm³/mol. The average molecular weight is 290 g/mol. The largest absolute Gasteiger partial charge is 0.480 e. The number of amides is 1. The first kappa shape index (κ1) is 15.5. The number of benzene rings is 1. The summed E-state index contributed by atoms with van der Waals surface area (Å²) < 4.78 is 0. The molecule has 0 aliphatic heterocycles. The minimum atomic E-state index is -0.915. The van der Waals surface area contributed by atoms with Gasteiger partial charge in [-0.15, -0.1) is 0 Å². The van der Waals surface area contributed by atoms with Crippen LogP contribution in [-0.2, 0) is 22.4 Å². The van der Waals surface area contributed by atoms with Crippen LogP contribution in [0.1, 0.15) is 37.3 Å². The highest BCUT2D eigenvalue weighted by atomic mass is 16.4. The lowest BCUT2D eigenvalue weighted by Gasteiger charge is -2.13. The number of hydrogen-bond acceptors (Lipinski definition) is 3. The first-order valence-electron chi connectivity index (χ1n) is 7.48. The van der Waals surface area contributed by atoms with Gasteiger partial charge in [0.1, 0.15) is 6.04 Å². The number of carboxylic acids is 1. The molecule has 0 heterocycles. The summed E-state index contributed by atoms with van der Waals surface area (Å²) in [5.74, 6) is -1.13. The third kappa shape index (κ3) is 4.29.